The summed E-state index contributed by atoms with van der Waals surface area (Å²) in [4.78, 5) is 63.0. The summed E-state index contributed by atoms with van der Waals surface area (Å²) < 4.78 is 28.8. The molecule has 0 unspecified atom stereocenters. The van der Waals surface area contributed by atoms with E-state index in [9.17, 15) is 32.4 Å². The van der Waals surface area contributed by atoms with Crippen molar-refractivity contribution in [1.29, 1.82) is 0 Å². The molecule has 5 rings (SSSR count). The summed E-state index contributed by atoms with van der Waals surface area (Å²) in [5.41, 5.74) is 1.23. The monoisotopic (exact) mass is 587 g/mol. The molecule has 4 N–H and O–H groups in total. The van der Waals surface area contributed by atoms with Gasteiger partial charge in [0.25, 0.3) is 29.5 Å². The summed E-state index contributed by atoms with van der Waals surface area (Å²) in [6.07, 6.45) is 2.14. The number of carbonyl (C=O) groups is 5. The number of fused-ring (bicyclic) bond motifs is 1. The van der Waals surface area contributed by atoms with Crippen molar-refractivity contribution >= 4 is 67.2 Å². The maximum atomic E-state index is 13.2. The Hall–Kier alpha value is -5.14. The summed E-state index contributed by atoms with van der Waals surface area (Å²) in [6.45, 7) is -0.219. The molecular formula is C29H25N5O7S. The third kappa shape index (κ3) is 5.55. The Balaban J connectivity index is 1.34. The van der Waals surface area contributed by atoms with Crippen molar-refractivity contribution < 1.29 is 32.4 Å². The van der Waals surface area contributed by atoms with Crippen LogP contribution in [0.25, 0.3) is 21.9 Å². The van der Waals surface area contributed by atoms with E-state index in [1.165, 1.54) is 24.3 Å². The molecule has 3 aromatic rings. The van der Waals surface area contributed by atoms with Crippen LogP contribution in [0.4, 0.5) is 5.69 Å². The van der Waals surface area contributed by atoms with Crippen LogP contribution in [-0.4, -0.2) is 65.1 Å². The molecule has 2 aliphatic heterocycles. The molecule has 214 valence electrons. The first-order valence-electron chi connectivity index (χ1n) is 12.7. The minimum Gasteiger partial charge on any atom is -0.377 e. The first kappa shape index (κ1) is 28.4. The number of hydrogen-bond acceptors (Lipinski definition) is 8. The van der Waals surface area contributed by atoms with Crippen LogP contribution in [0.15, 0.2) is 71.6 Å². The average Bonchev–Trinajstić information content (AvgIpc) is 3.48. The van der Waals surface area contributed by atoms with Crippen molar-refractivity contribution in [2.75, 3.05) is 32.1 Å². The van der Waals surface area contributed by atoms with Gasteiger partial charge in [0.15, 0.2) is 0 Å². The van der Waals surface area contributed by atoms with Gasteiger partial charge in [-0.2, -0.15) is 0 Å². The molecule has 0 saturated heterocycles. The molecule has 0 aromatic heterocycles. The van der Waals surface area contributed by atoms with Crippen LogP contribution in [0.5, 0.6) is 0 Å². The van der Waals surface area contributed by atoms with Crippen LogP contribution in [0, 0.1) is 0 Å². The van der Waals surface area contributed by atoms with Crippen molar-refractivity contribution in [3.8, 4) is 0 Å². The van der Waals surface area contributed by atoms with E-state index in [0.29, 0.717) is 5.39 Å². The third-order valence-electron chi connectivity index (χ3n) is 6.66. The van der Waals surface area contributed by atoms with Crippen LogP contribution in [0.2, 0.25) is 0 Å². The number of hydrogen-bond donors (Lipinski definition) is 4. The summed E-state index contributed by atoms with van der Waals surface area (Å²) in [6, 6.07) is 14.6. The topological polar surface area (TPSA) is 171 Å². The van der Waals surface area contributed by atoms with Gasteiger partial charge in [-0.3, -0.25) is 34.6 Å². The van der Waals surface area contributed by atoms with Gasteiger partial charge >= 0.3 is 0 Å². The Morgan fingerprint density at radius 2 is 1.36 bits per heavy atom. The van der Waals surface area contributed by atoms with Gasteiger partial charge in [-0.25, -0.2) is 13.1 Å². The number of amides is 5. The predicted molar refractivity (Wildman–Crippen MR) is 154 cm³/mol. The Labute approximate surface area is 240 Å². The van der Waals surface area contributed by atoms with Crippen molar-refractivity contribution in [2.24, 2.45) is 0 Å². The van der Waals surface area contributed by atoms with E-state index in [1.54, 1.807) is 18.2 Å². The summed E-state index contributed by atoms with van der Waals surface area (Å²) in [7, 11) is -0.201. The minimum atomic E-state index is -3.94. The Morgan fingerprint density at radius 3 is 1.90 bits per heavy atom. The van der Waals surface area contributed by atoms with Crippen LogP contribution in [0.1, 0.15) is 21.5 Å². The highest BCUT2D eigenvalue weighted by Crippen LogP contribution is 2.30. The molecule has 5 amide bonds. The van der Waals surface area contributed by atoms with Crippen molar-refractivity contribution in [3.63, 3.8) is 0 Å². The number of nitrogens with zero attached hydrogens (tertiary/aromatic N) is 1. The van der Waals surface area contributed by atoms with Gasteiger partial charge in [-0.15, -0.1) is 0 Å². The first-order valence-corrected chi connectivity index (χ1v) is 14.2. The highest BCUT2D eigenvalue weighted by atomic mass is 32.2. The van der Waals surface area contributed by atoms with Crippen molar-refractivity contribution in [2.45, 2.75) is 4.90 Å². The largest absolute Gasteiger partial charge is 0.377 e. The van der Waals surface area contributed by atoms with Gasteiger partial charge in [0, 0.05) is 61.4 Å². The van der Waals surface area contributed by atoms with E-state index < -0.39 is 39.6 Å². The number of rotatable bonds is 9. The molecule has 0 spiro atoms. The molecular weight excluding hydrogens is 562 g/mol. The number of nitrogens with one attached hydrogen (secondary N) is 4. The van der Waals surface area contributed by atoms with Crippen LogP contribution in [0.3, 0.4) is 0 Å². The molecule has 0 bridgehead atoms. The lowest BCUT2D eigenvalue weighted by Crippen LogP contribution is -2.34. The van der Waals surface area contributed by atoms with Crippen LogP contribution in [-0.2, 0) is 29.2 Å². The normalized spacial score (nSPS) is 14.9. The highest BCUT2D eigenvalue weighted by molar-refractivity contribution is 7.89. The molecule has 12 nitrogen and oxygen atoms in total. The number of carbonyl (C=O) groups excluding carboxylic acids is 5. The van der Waals surface area contributed by atoms with E-state index in [2.05, 4.69) is 20.7 Å². The Kier molecular flexibility index (Phi) is 7.45. The van der Waals surface area contributed by atoms with Gasteiger partial charge < -0.3 is 10.2 Å². The van der Waals surface area contributed by atoms with E-state index in [0.717, 1.165) is 23.2 Å². The second kappa shape index (κ2) is 11.0. The zero-order valence-electron chi connectivity index (χ0n) is 22.5. The Bertz CT molecular complexity index is 1810. The molecule has 0 saturated carbocycles. The number of benzene rings is 3. The third-order valence-corrected chi connectivity index (χ3v) is 8.18. The zero-order chi connectivity index (χ0) is 30.2. The molecule has 2 aliphatic rings. The maximum Gasteiger partial charge on any atom is 0.258 e. The predicted octanol–water partition coefficient (Wildman–Crippen LogP) is 0.694. The molecule has 13 heteroatoms. The molecule has 0 fully saturated rings. The molecule has 0 aliphatic carbocycles. The SMILES string of the molecule is CN(C)c1cccc2c(S(=O)(=O)NCCNC(=O)c3cc(C4=CC(=O)NC4=O)cc(C4=CC(=O)NC4=O)c3)cccc12. The minimum absolute atomic E-state index is 0.0125. The van der Waals surface area contributed by atoms with Gasteiger partial charge in [-0.05, 0) is 41.5 Å². The molecule has 2 heterocycles. The highest BCUT2D eigenvalue weighted by Gasteiger charge is 2.27. The average molecular weight is 588 g/mol. The molecule has 0 atom stereocenters. The second-order valence-electron chi connectivity index (χ2n) is 9.73. The fourth-order valence-electron chi connectivity index (χ4n) is 4.75. The number of imide groups is 2. The summed E-state index contributed by atoms with van der Waals surface area (Å²) >= 11 is 0. The maximum absolute atomic E-state index is 13.2. The summed E-state index contributed by atoms with van der Waals surface area (Å²) in [5.74, 6) is -3.24. The Morgan fingerprint density at radius 1 is 0.786 bits per heavy atom. The standard InChI is InChI=1S/C29H25N5O7S/c1-34(2)23-7-3-6-20-19(23)5-4-8-24(20)42(40,41)31-10-9-30-27(37)18-12-16(21-14-25(35)32-28(21)38)11-17(13-18)22-15-26(36)33-29(22)39/h3-8,11-15,31H,9-10H2,1-2H3,(H,30,37)(H,32,35,38)(H,33,36,39). The molecule has 42 heavy (non-hydrogen) atoms. The van der Waals surface area contributed by atoms with Gasteiger partial charge in [0.05, 0.1) is 16.0 Å². The van der Waals surface area contributed by atoms with Crippen molar-refractivity contribution in [3.05, 3.63) is 83.4 Å². The fourth-order valence-corrected chi connectivity index (χ4v) is 6.00. The lowest BCUT2D eigenvalue weighted by atomic mass is 9.95. The van der Waals surface area contributed by atoms with E-state index in [4.69, 9.17) is 0 Å². The molecule has 3 aromatic carbocycles. The van der Waals surface area contributed by atoms with Gasteiger partial charge in [0.2, 0.25) is 10.0 Å². The van der Waals surface area contributed by atoms with Crippen LogP contribution < -0.4 is 25.6 Å². The number of sulfonamides is 1. The fraction of sp³-hybridized carbons (Fsp3) is 0.138. The number of anilines is 1. The lowest BCUT2D eigenvalue weighted by molar-refractivity contribution is -0.124. The first-order chi connectivity index (χ1) is 19.9. The molecule has 0 radical (unpaired) electrons. The van der Waals surface area contributed by atoms with E-state index in [-0.39, 0.29) is 45.8 Å². The zero-order valence-corrected chi connectivity index (χ0v) is 23.3. The van der Waals surface area contributed by atoms with E-state index in [1.807, 2.05) is 31.1 Å². The van der Waals surface area contributed by atoms with Crippen molar-refractivity contribution in [1.82, 2.24) is 20.7 Å². The van der Waals surface area contributed by atoms with Gasteiger partial charge in [-0.1, -0.05) is 24.3 Å². The van der Waals surface area contributed by atoms with Gasteiger partial charge in [0.1, 0.15) is 0 Å². The van der Waals surface area contributed by atoms with Crippen LogP contribution >= 0.6 is 0 Å². The lowest BCUT2D eigenvalue weighted by Gasteiger charge is -2.17. The van der Waals surface area contributed by atoms with E-state index >= 15 is 0 Å². The second-order valence-corrected chi connectivity index (χ2v) is 11.5. The summed E-state index contributed by atoms with van der Waals surface area (Å²) in [5, 5.41) is 8.18. The quantitative estimate of drug-likeness (QED) is 0.209. The smallest absolute Gasteiger partial charge is 0.258 e.